The fraction of sp³-hybridized carbons (Fsp3) is 0.125. The maximum absolute atomic E-state index is 11.0. The molecule has 3 aromatic carbocycles. The SMILES string of the molecule is C=CC(=O)OCCOc1ccc(-c2cccc3c2-c2ccccc2C3)cc1. The Morgan fingerprint density at radius 2 is 1.63 bits per heavy atom. The van der Waals surface area contributed by atoms with Crippen LogP contribution in [-0.4, -0.2) is 19.2 Å². The van der Waals surface area contributed by atoms with Crippen LogP contribution < -0.4 is 4.74 Å². The van der Waals surface area contributed by atoms with Crippen LogP contribution >= 0.6 is 0 Å². The van der Waals surface area contributed by atoms with Crippen LogP contribution in [-0.2, 0) is 16.0 Å². The van der Waals surface area contributed by atoms with E-state index in [1.165, 1.54) is 27.8 Å². The molecule has 134 valence electrons. The highest BCUT2D eigenvalue weighted by Gasteiger charge is 2.21. The summed E-state index contributed by atoms with van der Waals surface area (Å²) in [5.41, 5.74) is 7.82. The van der Waals surface area contributed by atoms with Gasteiger partial charge in [0.05, 0.1) is 0 Å². The molecule has 27 heavy (non-hydrogen) atoms. The summed E-state index contributed by atoms with van der Waals surface area (Å²) in [6.07, 6.45) is 2.13. The fourth-order valence-corrected chi connectivity index (χ4v) is 3.52. The standard InChI is InChI=1S/C24H20O3/c1-2-23(25)27-15-14-26-20-12-10-17(11-13-20)21-9-5-7-19-16-18-6-3-4-8-22(18)24(19)21/h2-13H,1,14-16H2. The van der Waals surface area contributed by atoms with E-state index in [1.54, 1.807) is 0 Å². The molecule has 1 aliphatic carbocycles. The van der Waals surface area contributed by atoms with E-state index in [0.717, 1.165) is 23.8 Å². The number of hydrogen-bond acceptors (Lipinski definition) is 3. The summed E-state index contributed by atoms with van der Waals surface area (Å²) in [5, 5.41) is 0. The molecule has 0 saturated heterocycles. The molecule has 3 heteroatoms. The monoisotopic (exact) mass is 356 g/mol. The summed E-state index contributed by atoms with van der Waals surface area (Å²) in [5.74, 6) is 0.313. The third kappa shape index (κ3) is 3.49. The lowest BCUT2D eigenvalue weighted by Crippen LogP contribution is -2.10. The van der Waals surface area contributed by atoms with Crippen molar-refractivity contribution < 1.29 is 14.3 Å². The molecule has 0 heterocycles. The van der Waals surface area contributed by atoms with Gasteiger partial charge in [-0.1, -0.05) is 61.2 Å². The zero-order valence-electron chi connectivity index (χ0n) is 15.0. The number of carbonyl (C=O) groups is 1. The lowest BCUT2D eigenvalue weighted by atomic mass is 9.94. The number of esters is 1. The summed E-state index contributed by atoms with van der Waals surface area (Å²) in [6.45, 7) is 3.88. The molecule has 0 N–H and O–H groups in total. The minimum Gasteiger partial charge on any atom is -0.490 e. The van der Waals surface area contributed by atoms with Crippen molar-refractivity contribution in [3.8, 4) is 28.0 Å². The predicted octanol–water partition coefficient (Wildman–Crippen LogP) is 5.03. The first-order valence-corrected chi connectivity index (χ1v) is 8.99. The van der Waals surface area contributed by atoms with Crippen LogP contribution in [0.1, 0.15) is 11.1 Å². The van der Waals surface area contributed by atoms with Crippen LogP contribution in [0.15, 0.2) is 79.4 Å². The zero-order valence-corrected chi connectivity index (χ0v) is 15.0. The Bertz CT molecular complexity index is 987. The normalized spacial score (nSPS) is 11.4. The molecule has 0 unspecified atom stereocenters. The lowest BCUT2D eigenvalue weighted by molar-refractivity contribution is -0.138. The van der Waals surface area contributed by atoms with Gasteiger partial charge < -0.3 is 9.47 Å². The van der Waals surface area contributed by atoms with Gasteiger partial charge >= 0.3 is 5.97 Å². The van der Waals surface area contributed by atoms with Crippen molar-refractivity contribution in [2.24, 2.45) is 0 Å². The average Bonchev–Trinajstić information content (AvgIpc) is 3.10. The van der Waals surface area contributed by atoms with Crippen LogP contribution in [0.2, 0.25) is 0 Å². The second-order valence-corrected chi connectivity index (χ2v) is 6.42. The highest BCUT2D eigenvalue weighted by molar-refractivity contribution is 5.90. The molecule has 0 radical (unpaired) electrons. The van der Waals surface area contributed by atoms with E-state index in [4.69, 9.17) is 9.47 Å². The fourth-order valence-electron chi connectivity index (χ4n) is 3.52. The van der Waals surface area contributed by atoms with E-state index in [9.17, 15) is 4.79 Å². The Hall–Kier alpha value is -3.33. The van der Waals surface area contributed by atoms with E-state index < -0.39 is 5.97 Å². The minimum absolute atomic E-state index is 0.204. The molecule has 0 fully saturated rings. The third-order valence-corrected chi connectivity index (χ3v) is 4.75. The van der Waals surface area contributed by atoms with Gasteiger partial charge in [-0.05, 0) is 51.9 Å². The minimum atomic E-state index is -0.438. The van der Waals surface area contributed by atoms with E-state index in [-0.39, 0.29) is 6.61 Å². The van der Waals surface area contributed by atoms with Crippen molar-refractivity contribution in [3.05, 3.63) is 90.5 Å². The molecule has 1 aliphatic rings. The lowest BCUT2D eigenvalue weighted by Gasteiger charge is -2.11. The highest BCUT2D eigenvalue weighted by Crippen LogP contribution is 2.42. The van der Waals surface area contributed by atoms with Gasteiger partial charge in [-0.15, -0.1) is 0 Å². The number of hydrogen-bond donors (Lipinski definition) is 0. The summed E-state index contributed by atoms with van der Waals surface area (Å²) in [6, 6.07) is 23.1. The van der Waals surface area contributed by atoms with Gasteiger partial charge in [-0.3, -0.25) is 0 Å². The van der Waals surface area contributed by atoms with Crippen LogP contribution in [0.4, 0.5) is 0 Å². The molecule has 0 amide bonds. The van der Waals surface area contributed by atoms with Crippen molar-refractivity contribution in [2.45, 2.75) is 6.42 Å². The molecule has 0 aliphatic heterocycles. The maximum atomic E-state index is 11.0. The van der Waals surface area contributed by atoms with Crippen LogP contribution in [0.25, 0.3) is 22.3 Å². The van der Waals surface area contributed by atoms with Gasteiger partial charge in [0.15, 0.2) is 0 Å². The molecule has 0 spiro atoms. The van der Waals surface area contributed by atoms with E-state index in [0.29, 0.717) is 6.61 Å². The quantitative estimate of drug-likeness (QED) is 0.276. The number of benzene rings is 3. The Labute approximate surface area is 158 Å². The van der Waals surface area contributed by atoms with Gasteiger partial charge in [0, 0.05) is 6.08 Å². The van der Waals surface area contributed by atoms with Gasteiger partial charge in [-0.25, -0.2) is 4.79 Å². The molecule has 3 aromatic rings. The number of fused-ring (bicyclic) bond motifs is 3. The second-order valence-electron chi connectivity index (χ2n) is 6.42. The molecule has 0 atom stereocenters. The molecule has 0 bridgehead atoms. The van der Waals surface area contributed by atoms with Crippen molar-refractivity contribution in [2.75, 3.05) is 13.2 Å². The smallest absolute Gasteiger partial charge is 0.330 e. The number of carbonyl (C=O) groups excluding carboxylic acids is 1. The predicted molar refractivity (Wildman–Crippen MR) is 107 cm³/mol. The van der Waals surface area contributed by atoms with Gasteiger partial charge in [-0.2, -0.15) is 0 Å². The first kappa shape index (κ1) is 17.1. The van der Waals surface area contributed by atoms with Crippen molar-refractivity contribution in [1.82, 2.24) is 0 Å². The van der Waals surface area contributed by atoms with Crippen LogP contribution in [0.5, 0.6) is 5.75 Å². The second kappa shape index (κ2) is 7.50. The average molecular weight is 356 g/mol. The van der Waals surface area contributed by atoms with E-state index >= 15 is 0 Å². The Morgan fingerprint density at radius 1 is 0.889 bits per heavy atom. The topological polar surface area (TPSA) is 35.5 Å². The Kier molecular flexibility index (Phi) is 4.75. The number of ether oxygens (including phenoxy) is 2. The molecule has 3 nitrogen and oxygen atoms in total. The molecule has 0 saturated carbocycles. The van der Waals surface area contributed by atoms with Gasteiger partial charge in [0.25, 0.3) is 0 Å². The van der Waals surface area contributed by atoms with Gasteiger partial charge in [0.1, 0.15) is 19.0 Å². The highest BCUT2D eigenvalue weighted by atomic mass is 16.6. The first-order chi connectivity index (χ1) is 13.3. The molecule has 0 aromatic heterocycles. The molecule has 4 rings (SSSR count). The zero-order chi connectivity index (χ0) is 18.6. The van der Waals surface area contributed by atoms with Gasteiger partial charge in [0.2, 0.25) is 0 Å². The Balaban J connectivity index is 1.52. The summed E-state index contributed by atoms with van der Waals surface area (Å²) in [7, 11) is 0. The van der Waals surface area contributed by atoms with Crippen molar-refractivity contribution in [1.29, 1.82) is 0 Å². The number of rotatable bonds is 6. The summed E-state index contributed by atoms with van der Waals surface area (Å²) < 4.78 is 10.5. The molecular weight excluding hydrogens is 336 g/mol. The van der Waals surface area contributed by atoms with E-state index in [2.05, 4.69) is 61.2 Å². The summed E-state index contributed by atoms with van der Waals surface area (Å²) >= 11 is 0. The largest absolute Gasteiger partial charge is 0.490 e. The maximum Gasteiger partial charge on any atom is 0.330 e. The van der Waals surface area contributed by atoms with Crippen LogP contribution in [0, 0.1) is 0 Å². The third-order valence-electron chi connectivity index (χ3n) is 4.75. The first-order valence-electron chi connectivity index (χ1n) is 8.99. The van der Waals surface area contributed by atoms with Crippen molar-refractivity contribution in [3.63, 3.8) is 0 Å². The van der Waals surface area contributed by atoms with Crippen molar-refractivity contribution >= 4 is 5.97 Å². The molecular formula is C24H20O3. The Morgan fingerprint density at radius 3 is 2.44 bits per heavy atom. The van der Waals surface area contributed by atoms with Crippen LogP contribution in [0.3, 0.4) is 0 Å². The van der Waals surface area contributed by atoms with E-state index in [1.807, 2.05) is 12.1 Å². The summed E-state index contributed by atoms with van der Waals surface area (Å²) in [4.78, 5) is 11.0.